The van der Waals surface area contributed by atoms with E-state index in [-0.39, 0.29) is 0 Å². The van der Waals surface area contributed by atoms with Crippen molar-refractivity contribution in [2.75, 3.05) is 18.0 Å². The zero-order chi connectivity index (χ0) is 15.2. The first-order chi connectivity index (χ1) is 11.4. The Bertz CT molecular complexity index is 838. The summed E-state index contributed by atoms with van der Waals surface area (Å²) in [5, 5.41) is 0. The van der Waals surface area contributed by atoms with Gasteiger partial charge in [0.2, 0.25) is 0 Å². The van der Waals surface area contributed by atoms with Gasteiger partial charge in [0.15, 0.2) is 4.96 Å². The zero-order valence-electron chi connectivity index (χ0n) is 13.3. The topological polar surface area (TPSA) is 20.5 Å². The van der Waals surface area contributed by atoms with Crippen molar-refractivity contribution in [3.05, 3.63) is 41.0 Å². The molecule has 0 spiro atoms. The number of hydrogen-bond acceptors (Lipinski definition) is 3. The highest BCUT2D eigenvalue weighted by molar-refractivity contribution is 7.17. The maximum atomic E-state index is 4.88. The summed E-state index contributed by atoms with van der Waals surface area (Å²) in [5.41, 5.74) is 5.19. The van der Waals surface area contributed by atoms with E-state index < -0.39 is 0 Å². The van der Waals surface area contributed by atoms with Gasteiger partial charge in [-0.2, -0.15) is 0 Å². The van der Waals surface area contributed by atoms with Gasteiger partial charge in [0.1, 0.15) is 0 Å². The van der Waals surface area contributed by atoms with Crippen molar-refractivity contribution < 1.29 is 0 Å². The van der Waals surface area contributed by atoms with Crippen molar-refractivity contribution in [3.63, 3.8) is 0 Å². The first-order valence-corrected chi connectivity index (χ1v) is 9.55. The minimum atomic E-state index is 1.11. The average Bonchev–Trinajstić information content (AvgIpc) is 3.31. The molecule has 3 aromatic rings. The maximum Gasteiger partial charge on any atom is 0.194 e. The molecule has 1 saturated heterocycles. The summed E-state index contributed by atoms with van der Waals surface area (Å²) in [7, 11) is 0. The highest BCUT2D eigenvalue weighted by Gasteiger charge is 2.18. The van der Waals surface area contributed by atoms with Crippen molar-refractivity contribution in [2.45, 2.75) is 38.5 Å². The summed E-state index contributed by atoms with van der Waals surface area (Å²) in [6.45, 7) is 2.40. The highest BCUT2D eigenvalue weighted by Crippen LogP contribution is 2.32. The lowest BCUT2D eigenvalue weighted by atomic mass is 10.0. The Balaban J connectivity index is 1.49. The van der Waals surface area contributed by atoms with E-state index in [2.05, 4.69) is 39.8 Å². The number of nitrogens with zero attached hydrogens (tertiary/aromatic N) is 3. The fourth-order valence-electron chi connectivity index (χ4n) is 3.92. The molecule has 0 unspecified atom stereocenters. The van der Waals surface area contributed by atoms with Gasteiger partial charge in [-0.05, 0) is 50.7 Å². The molecule has 1 aromatic carbocycles. The third-order valence-electron chi connectivity index (χ3n) is 5.20. The van der Waals surface area contributed by atoms with Crippen LogP contribution in [0.25, 0.3) is 16.2 Å². The van der Waals surface area contributed by atoms with E-state index in [0.717, 1.165) is 10.7 Å². The number of rotatable bonds is 2. The van der Waals surface area contributed by atoms with Gasteiger partial charge >= 0.3 is 0 Å². The molecule has 23 heavy (non-hydrogen) atoms. The average molecular weight is 323 g/mol. The molecular weight excluding hydrogens is 302 g/mol. The second-order valence-corrected chi connectivity index (χ2v) is 7.76. The Morgan fingerprint density at radius 3 is 2.52 bits per heavy atom. The fourth-order valence-corrected chi connectivity index (χ4v) is 5.11. The molecule has 4 heteroatoms. The zero-order valence-corrected chi connectivity index (χ0v) is 14.1. The van der Waals surface area contributed by atoms with Crippen LogP contribution in [0.2, 0.25) is 0 Å². The predicted molar refractivity (Wildman–Crippen MR) is 96.6 cm³/mol. The molecule has 0 N–H and O–H groups in total. The van der Waals surface area contributed by atoms with Gasteiger partial charge in [0, 0.05) is 41.1 Å². The van der Waals surface area contributed by atoms with Gasteiger partial charge in [-0.1, -0.05) is 12.1 Å². The summed E-state index contributed by atoms with van der Waals surface area (Å²) >= 11 is 1.88. The monoisotopic (exact) mass is 323 g/mol. The van der Waals surface area contributed by atoms with Crippen molar-refractivity contribution >= 4 is 22.0 Å². The molecule has 0 bridgehead atoms. The fraction of sp³-hybridized carbons (Fsp3) is 0.421. The Morgan fingerprint density at radius 1 is 0.913 bits per heavy atom. The maximum absolute atomic E-state index is 4.88. The van der Waals surface area contributed by atoms with Crippen LogP contribution in [-0.4, -0.2) is 22.5 Å². The first kappa shape index (κ1) is 13.6. The predicted octanol–water partition coefficient (Wildman–Crippen LogP) is 4.54. The number of aromatic nitrogens is 2. The molecule has 0 saturated carbocycles. The molecular formula is C19H21N3S. The van der Waals surface area contributed by atoms with E-state index in [0.29, 0.717) is 0 Å². The molecule has 1 aliphatic carbocycles. The van der Waals surface area contributed by atoms with Crippen molar-refractivity contribution in [1.82, 2.24) is 9.38 Å². The lowest BCUT2D eigenvalue weighted by molar-refractivity contribution is 0.674. The van der Waals surface area contributed by atoms with Crippen LogP contribution in [-0.2, 0) is 12.8 Å². The van der Waals surface area contributed by atoms with Crippen LogP contribution in [0.1, 0.15) is 36.3 Å². The van der Waals surface area contributed by atoms with E-state index in [1.807, 2.05) is 11.3 Å². The van der Waals surface area contributed by atoms with Gasteiger partial charge in [0.05, 0.1) is 5.69 Å². The smallest absolute Gasteiger partial charge is 0.194 e. The SMILES string of the molecule is c1cc(N2CCCC2)ccc1-c1cn2c3c(sc2n1)CCCC3. The van der Waals surface area contributed by atoms with Crippen LogP contribution in [0.4, 0.5) is 5.69 Å². The molecule has 0 atom stereocenters. The van der Waals surface area contributed by atoms with Crippen LogP contribution < -0.4 is 4.90 Å². The van der Waals surface area contributed by atoms with Crippen molar-refractivity contribution in [3.8, 4) is 11.3 Å². The van der Waals surface area contributed by atoms with E-state index in [1.54, 1.807) is 4.88 Å². The third kappa shape index (κ3) is 2.27. The number of aryl methyl sites for hydroxylation is 2. The lowest BCUT2D eigenvalue weighted by Gasteiger charge is -2.17. The molecule has 0 amide bonds. The summed E-state index contributed by atoms with van der Waals surface area (Å²) < 4.78 is 2.34. The number of anilines is 1. The van der Waals surface area contributed by atoms with Crippen LogP contribution in [0.15, 0.2) is 30.5 Å². The normalized spacial score (nSPS) is 17.8. The quantitative estimate of drug-likeness (QED) is 0.690. The lowest BCUT2D eigenvalue weighted by Crippen LogP contribution is -2.17. The number of benzene rings is 1. The second kappa shape index (κ2) is 5.38. The summed E-state index contributed by atoms with van der Waals surface area (Å²) in [5.74, 6) is 0. The third-order valence-corrected chi connectivity index (χ3v) is 6.36. The summed E-state index contributed by atoms with van der Waals surface area (Å²) in [6.07, 6.45) is 9.98. The largest absolute Gasteiger partial charge is 0.372 e. The van der Waals surface area contributed by atoms with Crippen molar-refractivity contribution in [2.24, 2.45) is 0 Å². The number of hydrogen-bond donors (Lipinski definition) is 0. The number of thiazole rings is 1. The Hall–Kier alpha value is -1.81. The van der Waals surface area contributed by atoms with Gasteiger partial charge in [-0.25, -0.2) is 4.98 Å². The molecule has 0 radical (unpaired) electrons. The highest BCUT2D eigenvalue weighted by atomic mass is 32.1. The summed E-state index contributed by atoms with van der Waals surface area (Å²) in [6, 6.07) is 8.96. The summed E-state index contributed by atoms with van der Waals surface area (Å²) in [4.78, 5) is 10.1. The van der Waals surface area contributed by atoms with Gasteiger partial charge < -0.3 is 4.90 Å². The number of imidazole rings is 1. The van der Waals surface area contributed by atoms with E-state index in [4.69, 9.17) is 4.98 Å². The van der Waals surface area contributed by atoms with Crippen molar-refractivity contribution in [1.29, 1.82) is 0 Å². The molecule has 118 valence electrons. The van der Waals surface area contributed by atoms with Crippen LogP contribution in [0, 0.1) is 0 Å². The van der Waals surface area contributed by atoms with Gasteiger partial charge in [0.25, 0.3) is 0 Å². The van der Waals surface area contributed by atoms with Crippen LogP contribution >= 0.6 is 11.3 Å². The van der Waals surface area contributed by atoms with Crippen LogP contribution in [0.5, 0.6) is 0 Å². The molecule has 2 aliphatic rings. The van der Waals surface area contributed by atoms with E-state index in [9.17, 15) is 0 Å². The molecule has 1 aliphatic heterocycles. The minimum Gasteiger partial charge on any atom is -0.372 e. The van der Waals surface area contributed by atoms with Gasteiger partial charge in [-0.3, -0.25) is 4.40 Å². The standard InChI is InChI=1S/C19H21N3S/c1-2-6-18-17(5-1)22-13-16(20-19(22)23-18)14-7-9-15(10-8-14)21-11-3-4-12-21/h7-10,13H,1-6,11-12H2. The Labute approximate surface area is 140 Å². The van der Waals surface area contributed by atoms with E-state index in [1.165, 1.54) is 68.6 Å². The Morgan fingerprint density at radius 2 is 1.70 bits per heavy atom. The molecule has 3 nitrogen and oxygen atoms in total. The Kier molecular flexibility index (Phi) is 3.18. The minimum absolute atomic E-state index is 1.11. The van der Waals surface area contributed by atoms with Crippen LogP contribution in [0.3, 0.4) is 0 Å². The van der Waals surface area contributed by atoms with E-state index >= 15 is 0 Å². The molecule has 1 fully saturated rings. The number of fused-ring (bicyclic) bond motifs is 3. The van der Waals surface area contributed by atoms with Gasteiger partial charge in [-0.15, -0.1) is 11.3 Å². The molecule has 3 heterocycles. The molecule has 5 rings (SSSR count). The molecule has 2 aromatic heterocycles. The first-order valence-electron chi connectivity index (χ1n) is 8.73. The second-order valence-electron chi connectivity index (χ2n) is 6.70.